The highest BCUT2D eigenvalue weighted by molar-refractivity contribution is 7.17. The number of nitrogens with two attached hydrogens (primary N) is 1. The Morgan fingerprint density at radius 3 is 2.90 bits per heavy atom. The molecule has 0 saturated carbocycles. The molecule has 2 aromatic heterocycles. The fourth-order valence-corrected chi connectivity index (χ4v) is 3.71. The Labute approximate surface area is 125 Å². The first-order valence-corrected chi connectivity index (χ1v) is 7.74. The number of rotatable bonds is 2. The third-order valence-electron chi connectivity index (χ3n) is 3.60. The number of imidazole rings is 1. The average Bonchev–Trinajstić information content (AvgIpc) is 3.06. The van der Waals surface area contributed by atoms with Crippen molar-refractivity contribution in [2.45, 2.75) is 13.3 Å². The van der Waals surface area contributed by atoms with Gasteiger partial charge in [-0.25, -0.2) is 4.98 Å². The largest absolute Gasteiger partial charge is 0.486 e. The van der Waals surface area contributed by atoms with Gasteiger partial charge in [-0.1, -0.05) is 6.92 Å². The van der Waals surface area contributed by atoms with Gasteiger partial charge in [-0.15, -0.1) is 11.3 Å². The van der Waals surface area contributed by atoms with Gasteiger partial charge in [0.15, 0.2) is 16.5 Å². The number of ether oxygens (including phenoxy) is 2. The molecular weight excluding hydrogens is 286 g/mol. The van der Waals surface area contributed by atoms with E-state index >= 15 is 0 Å². The Balaban J connectivity index is 1.95. The Hall–Kier alpha value is -2.21. The van der Waals surface area contributed by atoms with Crippen LogP contribution in [-0.4, -0.2) is 22.6 Å². The second kappa shape index (κ2) is 4.66. The van der Waals surface area contributed by atoms with Crippen LogP contribution < -0.4 is 15.2 Å². The van der Waals surface area contributed by atoms with Crippen LogP contribution in [0.25, 0.3) is 16.2 Å². The molecule has 0 spiro atoms. The summed E-state index contributed by atoms with van der Waals surface area (Å²) in [6.07, 6.45) is 2.64. The molecule has 21 heavy (non-hydrogen) atoms. The fourth-order valence-electron chi connectivity index (χ4n) is 2.65. The zero-order chi connectivity index (χ0) is 14.4. The second-order valence-electron chi connectivity index (χ2n) is 4.89. The van der Waals surface area contributed by atoms with Crippen LogP contribution in [0.2, 0.25) is 0 Å². The molecule has 1 aromatic carbocycles. The van der Waals surface area contributed by atoms with Crippen molar-refractivity contribution >= 4 is 22.1 Å². The molecule has 0 radical (unpaired) electrons. The van der Waals surface area contributed by atoms with Gasteiger partial charge in [0, 0.05) is 10.4 Å². The van der Waals surface area contributed by atoms with E-state index in [1.807, 2.05) is 22.6 Å². The minimum atomic E-state index is 0.587. The fraction of sp³-hybridized carbons (Fsp3) is 0.267. The third kappa shape index (κ3) is 1.86. The third-order valence-corrected chi connectivity index (χ3v) is 4.79. The molecule has 1 aliphatic rings. The maximum absolute atomic E-state index is 6.07. The van der Waals surface area contributed by atoms with Crippen LogP contribution in [-0.2, 0) is 6.42 Å². The zero-order valence-corrected chi connectivity index (χ0v) is 12.4. The highest BCUT2D eigenvalue weighted by Gasteiger charge is 2.19. The number of anilines is 1. The van der Waals surface area contributed by atoms with Crippen LogP contribution in [0.1, 0.15) is 11.8 Å². The van der Waals surface area contributed by atoms with E-state index in [1.165, 1.54) is 4.88 Å². The van der Waals surface area contributed by atoms with E-state index < -0.39 is 0 Å². The molecule has 0 fully saturated rings. The zero-order valence-electron chi connectivity index (χ0n) is 11.6. The number of aryl methyl sites for hydroxylation is 1. The van der Waals surface area contributed by atoms with Crippen LogP contribution in [0.5, 0.6) is 11.5 Å². The van der Waals surface area contributed by atoms with Gasteiger partial charge in [-0.2, -0.15) is 0 Å². The summed E-state index contributed by atoms with van der Waals surface area (Å²) in [5.41, 5.74) is 8.25. The molecule has 1 aliphatic heterocycles. The van der Waals surface area contributed by atoms with E-state index in [9.17, 15) is 0 Å². The predicted molar refractivity (Wildman–Crippen MR) is 83.3 cm³/mol. The van der Waals surface area contributed by atoms with Crippen LogP contribution in [0.3, 0.4) is 0 Å². The van der Waals surface area contributed by atoms with Crippen LogP contribution in [0.4, 0.5) is 5.82 Å². The summed E-state index contributed by atoms with van der Waals surface area (Å²) >= 11 is 1.68. The summed E-state index contributed by atoms with van der Waals surface area (Å²) in [5.74, 6) is 2.25. The van der Waals surface area contributed by atoms with E-state index in [-0.39, 0.29) is 0 Å². The average molecular weight is 301 g/mol. The SMILES string of the molecule is CCc1sc2ncc(N)n2c1-c1ccc2c(c1)OCCO2. The standard InChI is InChI=1S/C15H15N3O2S/c1-2-12-14(18-13(16)8-17-15(18)21-12)9-3-4-10-11(7-9)20-6-5-19-10/h3-4,7-8H,2,5-6,16H2,1H3. The lowest BCUT2D eigenvalue weighted by atomic mass is 10.1. The second-order valence-corrected chi connectivity index (χ2v) is 5.95. The first kappa shape index (κ1) is 12.5. The van der Waals surface area contributed by atoms with Crippen LogP contribution >= 0.6 is 11.3 Å². The minimum absolute atomic E-state index is 0.587. The number of nitrogen functional groups attached to an aromatic ring is 1. The van der Waals surface area contributed by atoms with E-state index in [4.69, 9.17) is 15.2 Å². The number of thiazole rings is 1. The Bertz CT molecular complexity index is 822. The van der Waals surface area contributed by atoms with Crippen molar-refractivity contribution in [1.29, 1.82) is 0 Å². The van der Waals surface area contributed by atoms with E-state index in [0.29, 0.717) is 19.0 Å². The number of aromatic nitrogens is 2. The van der Waals surface area contributed by atoms with Crippen molar-refractivity contribution in [3.8, 4) is 22.8 Å². The molecule has 3 aromatic rings. The van der Waals surface area contributed by atoms with Crippen LogP contribution in [0, 0.1) is 0 Å². The molecule has 0 saturated heterocycles. The summed E-state index contributed by atoms with van der Waals surface area (Å²) in [6, 6.07) is 6.03. The number of hydrogen-bond acceptors (Lipinski definition) is 5. The molecule has 0 aliphatic carbocycles. The normalized spacial score (nSPS) is 13.8. The highest BCUT2D eigenvalue weighted by Crippen LogP contribution is 2.39. The summed E-state index contributed by atoms with van der Waals surface area (Å²) in [5, 5.41) is 0. The number of fused-ring (bicyclic) bond motifs is 2. The molecule has 0 unspecified atom stereocenters. The monoisotopic (exact) mass is 301 g/mol. The maximum atomic E-state index is 6.07. The first-order valence-electron chi connectivity index (χ1n) is 6.92. The molecule has 0 amide bonds. The lowest BCUT2D eigenvalue weighted by Gasteiger charge is -2.19. The van der Waals surface area contributed by atoms with Gasteiger partial charge in [0.1, 0.15) is 19.0 Å². The van der Waals surface area contributed by atoms with Gasteiger partial charge >= 0.3 is 0 Å². The molecular formula is C15H15N3O2S. The van der Waals surface area contributed by atoms with Crippen molar-refractivity contribution in [3.05, 3.63) is 29.3 Å². The van der Waals surface area contributed by atoms with Gasteiger partial charge < -0.3 is 15.2 Å². The Morgan fingerprint density at radius 2 is 2.10 bits per heavy atom. The quantitative estimate of drug-likeness (QED) is 0.790. The lowest BCUT2D eigenvalue weighted by molar-refractivity contribution is 0.171. The summed E-state index contributed by atoms with van der Waals surface area (Å²) in [7, 11) is 0. The lowest BCUT2D eigenvalue weighted by Crippen LogP contribution is -2.15. The van der Waals surface area contributed by atoms with E-state index in [1.54, 1.807) is 17.5 Å². The van der Waals surface area contributed by atoms with Crippen molar-refractivity contribution < 1.29 is 9.47 Å². The van der Waals surface area contributed by atoms with Gasteiger partial charge in [0.25, 0.3) is 0 Å². The van der Waals surface area contributed by atoms with Crippen molar-refractivity contribution in [2.24, 2.45) is 0 Å². The molecule has 108 valence electrons. The van der Waals surface area contributed by atoms with Gasteiger partial charge in [-0.3, -0.25) is 4.40 Å². The molecule has 6 heteroatoms. The number of benzene rings is 1. The number of hydrogen-bond donors (Lipinski definition) is 1. The molecule has 5 nitrogen and oxygen atoms in total. The maximum Gasteiger partial charge on any atom is 0.196 e. The summed E-state index contributed by atoms with van der Waals surface area (Å²) in [4.78, 5) is 6.55. The Morgan fingerprint density at radius 1 is 1.29 bits per heavy atom. The first-order chi connectivity index (χ1) is 10.3. The predicted octanol–water partition coefficient (Wildman–Crippen LogP) is 2.98. The minimum Gasteiger partial charge on any atom is -0.486 e. The molecule has 3 heterocycles. The molecule has 4 rings (SSSR count). The van der Waals surface area contributed by atoms with Crippen LogP contribution in [0.15, 0.2) is 24.4 Å². The topological polar surface area (TPSA) is 61.8 Å². The summed E-state index contributed by atoms with van der Waals surface area (Å²) < 4.78 is 13.3. The van der Waals surface area contributed by atoms with E-state index in [0.717, 1.165) is 34.1 Å². The van der Waals surface area contributed by atoms with Crippen molar-refractivity contribution in [1.82, 2.24) is 9.38 Å². The smallest absolute Gasteiger partial charge is 0.196 e. The van der Waals surface area contributed by atoms with Gasteiger partial charge in [0.2, 0.25) is 0 Å². The van der Waals surface area contributed by atoms with E-state index in [2.05, 4.69) is 11.9 Å². The number of nitrogens with zero attached hydrogens (tertiary/aromatic N) is 2. The van der Waals surface area contributed by atoms with Crippen molar-refractivity contribution in [3.63, 3.8) is 0 Å². The van der Waals surface area contributed by atoms with Gasteiger partial charge in [0.05, 0.1) is 11.9 Å². The summed E-state index contributed by atoms with van der Waals surface area (Å²) in [6.45, 7) is 3.33. The molecule has 2 N–H and O–H groups in total. The van der Waals surface area contributed by atoms with Gasteiger partial charge in [-0.05, 0) is 24.6 Å². The Kier molecular flexibility index (Phi) is 2.78. The molecule has 0 bridgehead atoms. The highest BCUT2D eigenvalue weighted by atomic mass is 32.1. The molecule has 0 atom stereocenters. The van der Waals surface area contributed by atoms with Crippen molar-refractivity contribution in [2.75, 3.05) is 18.9 Å².